The Balaban J connectivity index is 1.63. The van der Waals surface area contributed by atoms with Gasteiger partial charge in [-0.1, -0.05) is 50.0 Å². The summed E-state index contributed by atoms with van der Waals surface area (Å²) in [6.45, 7) is 6.18. The maximum absolute atomic E-state index is 5.61. The van der Waals surface area contributed by atoms with Crippen molar-refractivity contribution in [2.45, 2.75) is 75.2 Å². The second-order valence-electron chi connectivity index (χ2n) is 7.35. The molecule has 0 bridgehead atoms. The Bertz CT molecular complexity index is 865. The molecule has 1 aliphatic rings. The lowest BCUT2D eigenvalue weighted by atomic mass is 9.95. The molecule has 0 aromatic carbocycles. The maximum Gasteiger partial charge on any atom is 0.239 e. The van der Waals surface area contributed by atoms with Gasteiger partial charge in [0.25, 0.3) is 0 Å². The number of nitrogens with zero attached hydrogens (tertiary/aromatic N) is 5. The van der Waals surface area contributed by atoms with Gasteiger partial charge in [0.1, 0.15) is 0 Å². The highest BCUT2D eigenvalue weighted by Gasteiger charge is 2.27. The van der Waals surface area contributed by atoms with E-state index in [1.54, 1.807) is 18.0 Å². The highest BCUT2D eigenvalue weighted by molar-refractivity contribution is 7.99. The van der Waals surface area contributed by atoms with Crippen molar-refractivity contribution in [1.29, 1.82) is 0 Å². The Kier molecular flexibility index (Phi) is 5.33. The summed E-state index contributed by atoms with van der Waals surface area (Å²) in [6.07, 6.45) is 7.74. The molecule has 7 nitrogen and oxygen atoms in total. The Morgan fingerprint density at radius 2 is 1.96 bits per heavy atom. The highest BCUT2D eigenvalue weighted by atomic mass is 32.2. The molecule has 0 spiro atoms. The van der Waals surface area contributed by atoms with Gasteiger partial charge in [-0.2, -0.15) is 4.98 Å². The molecule has 0 N–H and O–H groups in total. The van der Waals surface area contributed by atoms with E-state index >= 15 is 0 Å². The molecule has 0 aliphatic heterocycles. The zero-order chi connectivity index (χ0) is 18.8. The van der Waals surface area contributed by atoms with E-state index in [9.17, 15) is 0 Å². The largest absolute Gasteiger partial charge is 0.461 e. The third-order valence-corrected chi connectivity index (χ3v) is 5.99. The molecule has 0 radical (unpaired) electrons. The standard InChI is InChI=1S/C19H25N5O2S/c1-12(2)16-20-18(26-23-16)13(3)27-19-22-21-17(15-10-7-11-25-15)24(19)14-8-5-4-6-9-14/h7,10-14H,4-6,8-9H2,1-3H3. The van der Waals surface area contributed by atoms with Crippen molar-refractivity contribution in [2.24, 2.45) is 0 Å². The van der Waals surface area contributed by atoms with Gasteiger partial charge in [0.2, 0.25) is 11.7 Å². The molecule has 1 unspecified atom stereocenters. The predicted octanol–water partition coefficient (Wildman–Crippen LogP) is 5.40. The SMILES string of the molecule is CC(C)c1noc(C(C)Sc2nnc(-c3ccco3)n2C2CCCCC2)n1. The van der Waals surface area contributed by atoms with E-state index in [1.165, 1.54) is 19.3 Å². The molecule has 3 heterocycles. The molecule has 144 valence electrons. The van der Waals surface area contributed by atoms with Gasteiger partial charge in [-0.3, -0.25) is 4.57 Å². The molecule has 27 heavy (non-hydrogen) atoms. The zero-order valence-corrected chi connectivity index (χ0v) is 16.8. The first kappa shape index (κ1) is 18.3. The molecule has 8 heteroatoms. The van der Waals surface area contributed by atoms with Crippen LogP contribution in [0.4, 0.5) is 0 Å². The summed E-state index contributed by atoms with van der Waals surface area (Å²) in [5.74, 6) is 3.17. The monoisotopic (exact) mass is 387 g/mol. The van der Waals surface area contributed by atoms with Gasteiger partial charge in [0.05, 0.1) is 11.5 Å². The predicted molar refractivity (Wildman–Crippen MR) is 103 cm³/mol. The average Bonchev–Trinajstić information content (AvgIpc) is 3.42. The molecular formula is C19H25N5O2S. The molecule has 1 saturated carbocycles. The third kappa shape index (κ3) is 3.81. The molecule has 3 aromatic rings. The topological polar surface area (TPSA) is 82.8 Å². The fourth-order valence-electron chi connectivity index (χ4n) is 3.45. The van der Waals surface area contributed by atoms with Gasteiger partial charge in [-0.05, 0) is 31.9 Å². The Hall–Kier alpha value is -2.09. The van der Waals surface area contributed by atoms with Gasteiger partial charge in [-0.25, -0.2) is 0 Å². The van der Waals surface area contributed by atoms with Crippen molar-refractivity contribution in [3.8, 4) is 11.6 Å². The minimum atomic E-state index is 0.000918. The fourth-order valence-corrected chi connectivity index (χ4v) is 4.40. The summed E-state index contributed by atoms with van der Waals surface area (Å²) in [6, 6.07) is 4.22. The Labute approximate surface area is 162 Å². The van der Waals surface area contributed by atoms with Crippen LogP contribution in [0.3, 0.4) is 0 Å². The van der Waals surface area contributed by atoms with E-state index in [-0.39, 0.29) is 11.2 Å². The van der Waals surface area contributed by atoms with Crippen LogP contribution in [0.1, 0.15) is 81.8 Å². The molecule has 0 amide bonds. The normalized spacial score (nSPS) is 16.9. The van der Waals surface area contributed by atoms with Gasteiger partial charge in [0, 0.05) is 12.0 Å². The quantitative estimate of drug-likeness (QED) is 0.523. The molecule has 1 atom stereocenters. The van der Waals surface area contributed by atoms with E-state index in [0.717, 1.165) is 35.4 Å². The van der Waals surface area contributed by atoms with E-state index in [0.29, 0.717) is 11.9 Å². The van der Waals surface area contributed by atoms with Crippen molar-refractivity contribution in [2.75, 3.05) is 0 Å². The summed E-state index contributed by atoms with van der Waals surface area (Å²) in [5, 5.41) is 13.9. The first-order chi connectivity index (χ1) is 13.1. The minimum Gasteiger partial charge on any atom is -0.461 e. The zero-order valence-electron chi connectivity index (χ0n) is 16.0. The van der Waals surface area contributed by atoms with Crippen molar-refractivity contribution in [1.82, 2.24) is 24.9 Å². The number of thioether (sulfide) groups is 1. The Morgan fingerprint density at radius 3 is 2.63 bits per heavy atom. The number of aromatic nitrogens is 5. The second-order valence-corrected chi connectivity index (χ2v) is 8.66. The van der Waals surface area contributed by atoms with Crippen LogP contribution in [0, 0.1) is 0 Å². The van der Waals surface area contributed by atoms with E-state index in [2.05, 4.69) is 45.7 Å². The minimum absolute atomic E-state index is 0.000918. The summed E-state index contributed by atoms with van der Waals surface area (Å²) in [4.78, 5) is 4.53. The fraction of sp³-hybridized carbons (Fsp3) is 0.579. The van der Waals surface area contributed by atoms with E-state index in [1.807, 2.05) is 12.1 Å². The van der Waals surface area contributed by atoms with Crippen LogP contribution < -0.4 is 0 Å². The lowest BCUT2D eigenvalue weighted by Gasteiger charge is -2.25. The van der Waals surface area contributed by atoms with Gasteiger partial charge in [-0.15, -0.1) is 10.2 Å². The lowest BCUT2D eigenvalue weighted by Crippen LogP contribution is -2.15. The van der Waals surface area contributed by atoms with Crippen LogP contribution in [-0.2, 0) is 0 Å². The molecule has 4 rings (SSSR count). The summed E-state index contributed by atoms with van der Waals surface area (Å²) >= 11 is 1.61. The van der Waals surface area contributed by atoms with Crippen molar-refractivity contribution in [3.05, 3.63) is 30.1 Å². The molecule has 1 fully saturated rings. The summed E-state index contributed by atoms with van der Waals surface area (Å²) in [7, 11) is 0. The number of hydrogen-bond donors (Lipinski definition) is 0. The highest BCUT2D eigenvalue weighted by Crippen LogP contribution is 2.40. The van der Waals surface area contributed by atoms with Crippen LogP contribution in [0.2, 0.25) is 0 Å². The van der Waals surface area contributed by atoms with E-state index in [4.69, 9.17) is 8.94 Å². The number of hydrogen-bond acceptors (Lipinski definition) is 7. The van der Waals surface area contributed by atoms with Crippen LogP contribution in [-0.4, -0.2) is 24.9 Å². The average molecular weight is 388 g/mol. The first-order valence-electron chi connectivity index (χ1n) is 9.62. The Morgan fingerprint density at radius 1 is 1.15 bits per heavy atom. The van der Waals surface area contributed by atoms with Crippen LogP contribution in [0.25, 0.3) is 11.6 Å². The molecule has 1 aliphatic carbocycles. The first-order valence-corrected chi connectivity index (χ1v) is 10.5. The van der Waals surface area contributed by atoms with Crippen molar-refractivity contribution in [3.63, 3.8) is 0 Å². The third-order valence-electron chi connectivity index (χ3n) is 4.95. The lowest BCUT2D eigenvalue weighted by molar-refractivity contribution is 0.336. The summed E-state index contributed by atoms with van der Waals surface area (Å²) < 4.78 is 13.3. The van der Waals surface area contributed by atoms with Gasteiger partial charge >= 0.3 is 0 Å². The van der Waals surface area contributed by atoms with Gasteiger partial charge in [0.15, 0.2) is 16.7 Å². The number of rotatable bonds is 6. The molecule has 3 aromatic heterocycles. The van der Waals surface area contributed by atoms with Crippen LogP contribution >= 0.6 is 11.8 Å². The van der Waals surface area contributed by atoms with Crippen LogP contribution in [0.5, 0.6) is 0 Å². The van der Waals surface area contributed by atoms with Crippen molar-refractivity contribution < 1.29 is 8.94 Å². The second kappa shape index (κ2) is 7.88. The number of furan rings is 1. The van der Waals surface area contributed by atoms with Gasteiger partial charge < -0.3 is 8.94 Å². The summed E-state index contributed by atoms with van der Waals surface area (Å²) in [5.41, 5.74) is 0. The maximum atomic E-state index is 5.61. The van der Waals surface area contributed by atoms with E-state index < -0.39 is 0 Å². The molecular weight excluding hydrogens is 362 g/mol. The smallest absolute Gasteiger partial charge is 0.239 e. The van der Waals surface area contributed by atoms with Crippen molar-refractivity contribution >= 4 is 11.8 Å². The van der Waals surface area contributed by atoms with Crippen LogP contribution in [0.15, 0.2) is 32.5 Å². The molecule has 0 saturated heterocycles.